The van der Waals surface area contributed by atoms with Gasteiger partial charge in [0, 0.05) is 57.1 Å². The fourth-order valence-corrected chi connectivity index (χ4v) is 5.13. The Labute approximate surface area is 195 Å². The van der Waals surface area contributed by atoms with Gasteiger partial charge in [-0.3, -0.25) is 9.48 Å². The lowest BCUT2D eigenvalue weighted by molar-refractivity contribution is -0.133. The number of carbonyl (C=O) groups excluding carboxylic acids is 1. The Morgan fingerprint density at radius 1 is 1.06 bits per heavy atom. The molecule has 3 aromatic rings. The maximum absolute atomic E-state index is 13.3. The van der Waals surface area contributed by atoms with Crippen LogP contribution in [0.5, 0.6) is 0 Å². The van der Waals surface area contributed by atoms with Crippen LogP contribution in [0.4, 0.5) is 5.95 Å². The van der Waals surface area contributed by atoms with Crippen LogP contribution >= 0.6 is 0 Å². The Morgan fingerprint density at radius 3 is 2.64 bits per heavy atom. The molecule has 2 fully saturated rings. The highest BCUT2D eigenvalue weighted by Gasteiger charge is 2.31. The summed E-state index contributed by atoms with van der Waals surface area (Å²) in [5, 5.41) is 4.84. The van der Waals surface area contributed by atoms with Gasteiger partial charge in [-0.25, -0.2) is 9.97 Å². The number of benzene rings is 1. The Balaban J connectivity index is 1.38. The van der Waals surface area contributed by atoms with Crippen molar-refractivity contribution in [3.8, 4) is 11.3 Å². The van der Waals surface area contributed by atoms with E-state index in [2.05, 4.69) is 16.1 Å². The smallest absolute Gasteiger partial charge is 0.229 e. The normalized spacial score (nSPS) is 19.6. The van der Waals surface area contributed by atoms with Gasteiger partial charge < -0.3 is 9.80 Å². The molecule has 0 N–H and O–H groups in total. The molecule has 0 aliphatic carbocycles. The Morgan fingerprint density at radius 2 is 1.85 bits per heavy atom. The van der Waals surface area contributed by atoms with Crippen LogP contribution in [0.25, 0.3) is 11.3 Å². The number of nitrogens with zero attached hydrogens (tertiary/aromatic N) is 6. The van der Waals surface area contributed by atoms with Gasteiger partial charge in [0.25, 0.3) is 0 Å². The van der Waals surface area contributed by atoms with E-state index in [1.165, 1.54) is 12.8 Å². The predicted molar refractivity (Wildman–Crippen MR) is 129 cm³/mol. The molecule has 172 valence electrons. The third-order valence-electron chi connectivity index (χ3n) is 6.95. The van der Waals surface area contributed by atoms with Gasteiger partial charge in [-0.05, 0) is 44.2 Å². The number of piperidine rings is 1. The van der Waals surface area contributed by atoms with Gasteiger partial charge in [-0.2, -0.15) is 5.10 Å². The van der Waals surface area contributed by atoms with Crippen molar-refractivity contribution in [1.82, 2.24) is 24.6 Å². The van der Waals surface area contributed by atoms with Crippen LogP contribution in [-0.4, -0.2) is 56.7 Å². The Hall–Kier alpha value is -3.22. The molecule has 0 bridgehead atoms. The molecule has 2 aromatic heterocycles. The molecule has 2 atom stereocenters. The van der Waals surface area contributed by atoms with E-state index in [0.717, 1.165) is 60.9 Å². The second kappa shape index (κ2) is 9.33. The van der Waals surface area contributed by atoms with Gasteiger partial charge in [0.15, 0.2) is 0 Å². The third-order valence-corrected chi connectivity index (χ3v) is 6.95. The molecule has 2 aliphatic rings. The molecule has 0 unspecified atom stereocenters. The monoisotopic (exact) mass is 444 g/mol. The fourth-order valence-electron chi connectivity index (χ4n) is 5.13. The molecule has 4 heterocycles. The number of aryl methyl sites for hydroxylation is 1. The molecule has 0 saturated carbocycles. The summed E-state index contributed by atoms with van der Waals surface area (Å²) in [6.45, 7) is 5.55. The lowest BCUT2D eigenvalue weighted by Gasteiger charge is -2.34. The van der Waals surface area contributed by atoms with Crippen molar-refractivity contribution in [3.63, 3.8) is 0 Å². The van der Waals surface area contributed by atoms with Gasteiger partial charge >= 0.3 is 0 Å². The predicted octanol–water partition coefficient (Wildman–Crippen LogP) is 3.99. The fraction of sp³-hybridized carbons (Fsp3) is 0.462. The van der Waals surface area contributed by atoms with Crippen molar-refractivity contribution in [3.05, 3.63) is 60.0 Å². The molecule has 7 nitrogen and oxygen atoms in total. The average molecular weight is 445 g/mol. The molecule has 0 spiro atoms. The second-order valence-corrected chi connectivity index (χ2v) is 9.29. The number of likely N-dealkylation sites (tertiary alicyclic amines) is 1. The van der Waals surface area contributed by atoms with Crippen LogP contribution in [0.2, 0.25) is 0 Å². The first-order chi connectivity index (χ1) is 16.1. The Kier molecular flexibility index (Phi) is 6.11. The maximum atomic E-state index is 13.3. The highest BCUT2D eigenvalue weighted by Crippen LogP contribution is 2.34. The molecule has 1 amide bonds. The van der Waals surface area contributed by atoms with Crippen LogP contribution in [-0.2, 0) is 11.8 Å². The zero-order valence-corrected chi connectivity index (χ0v) is 19.5. The van der Waals surface area contributed by atoms with Crippen molar-refractivity contribution in [1.29, 1.82) is 0 Å². The molecule has 2 saturated heterocycles. The molecule has 7 heteroatoms. The summed E-state index contributed by atoms with van der Waals surface area (Å²) in [6.07, 6.45) is 8.30. The van der Waals surface area contributed by atoms with Crippen molar-refractivity contribution in [2.75, 3.05) is 31.1 Å². The Bertz CT molecular complexity index is 1100. The minimum atomic E-state index is -0.141. The summed E-state index contributed by atoms with van der Waals surface area (Å²) < 4.78 is 1.87. The number of carbonyl (C=O) groups is 1. The highest BCUT2D eigenvalue weighted by molar-refractivity contribution is 5.83. The minimum Gasteiger partial charge on any atom is -0.342 e. The van der Waals surface area contributed by atoms with E-state index >= 15 is 0 Å². The largest absolute Gasteiger partial charge is 0.342 e. The summed E-state index contributed by atoms with van der Waals surface area (Å²) in [4.78, 5) is 27.0. The quantitative estimate of drug-likeness (QED) is 0.595. The van der Waals surface area contributed by atoms with Crippen molar-refractivity contribution >= 4 is 11.9 Å². The molecule has 1 aromatic carbocycles. The van der Waals surface area contributed by atoms with Crippen LogP contribution in [0, 0.1) is 0 Å². The summed E-state index contributed by atoms with van der Waals surface area (Å²) in [5.74, 6) is 1.06. The van der Waals surface area contributed by atoms with E-state index in [1.54, 1.807) is 0 Å². The van der Waals surface area contributed by atoms with E-state index in [9.17, 15) is 4.79 Å². The first kappa shape index (κ1) is 21.6. The van der Waals surface area contributed by atoms with Crippen LogP contribution in [0.3, 0.4) is 0 Å². The molecular weight excluding hydrogens is 412 g/mol. The van der Waals surface area contributed by atoms with Crippen LogP contribution in [0.15, 0.2) is 48.8 Å². The topological polar surface area (TPSA) is 67.2 Å². The number of rotatable bonds is 5. The van der Waals surface area contributed by atoms with E-state index in [-0.39, 0.29) is 17.7 Å². The first-order valence-corrected chi connectivity index (χ1v) is 12.1. The summed E-state index contributed by atoms with van der Waals surface area (Å²) in [6, 6.07) is 12.0. The molecule has 33 heavy (non-hydrogen) atoms. The molecule has 2 aliphatic heterocycles. The molecule has 5 rings (SSSR count). The van der Waals surface area contributed by atoms with Gasteiger partial charge in [0.05, 0.1) is 17.3 Å². The minimum absolute atomic E-state index is 0.141. The SMILES string of the molecule is C[C@@H](C(=O)N1CCC[C@H](c2nn(C)cc2-c2ccnc(N3CCCC3)n2)C1)c1ccccc1. The van der Waals surface area contributed by atoms with E-state index < -0.39 is 0 Å². The summed E-state index contributed by atoms with van der Waals surface area (Å²) in [5.41, 5.74) is 4.07. The van der Waals surface area contributed by atoms with Crippen molar-refractivity contribution in [2.45, 2.75) is 44.4 Å². The van der Waals surface area contributed by atoms with Gasteiger partial charge in [0.2, 0.25) is 11.9 Å². The van der Waals surface area contributed by atoms with Crippen LogP contribution < -0.4 is 4.90 Å². The summed E-state index contributed by atoms with van der Waals surface area (Å²) >= 11 is 0. The lowest BCUT2D eigenvalue weighted by atomic mass is 9.90. The van der Waals surface area contributed by atoms with Gasteiger partial charge in [-0.1, -0.05) is 30.3 Å². The van der Waals surface area contributed by atoms with Crippen LogP contribution in [0.1, 0.15) is 55.7 Å². The standard InChI is InChI=1S/C26H32N6O/c1-19(20-9-4-3-5-10-20)25(33)32-16-8-11-21(17-32)24-22(18-30(2)29-24)23-12-13-27-26(28-23)31-14-6-7-15-31/h3-5,9-10,12-13,18-19,21H,6-8,11,14-17H2,1-2H3/t19-,21+/m1/s1. The highest BCUT2D eigenvalue weighted by atomic mass is 16.2. The first-order valence-electron chi connectivity index (χ1n) is 12.1. The van der Waals surface area contributed by atoms with E-state index in [1.807, 2.05) is 66.1 Å². The van der Waals surface area contributed by atoms with E-state index in [0.29, 0.717) is 6.54 Å². The lowest BCUT2D eigenvalue weighted by Crippen LogP contribution is -2.41. The van der Waals surface area contributed by atoms with Crippen molar-refractivity contribution in [2.24, 2.45) is 7.05 Å². The van der Waals surface area contributed by atoms with Gasteiger partial charge in [0.1, 0.15) is 0 Å². The summed E-state index contributed by atoms with van der Waals surface area (Å²) in [7, 11) is 1.96. The van der Waals surface area contributed by atoms with E-state index in [4.69, 9.17) is 10.1 Å². The number of aromatic nitrogens is 4. The maximum Gasteiger partial charge on any atom is 0.229 e. The second-order valence-electron chi connectivity index (χ2n) is 9.29. The number of anilines is 1. The van der Waals surface area contributed by atoms with Gasteiger partial charge in [-0.15, -0.1) is 0 Å². The average Bonchev–Trinajstić information content (AvgIpc) is 3.54. The van der Waals surface area contributed by atoms with Crippen molar-refractivity contribution < 1.29 is 4.79 Å². The number of hydrogen-bond donors (Lipinski definition) is 0. The molecular formula is C26H32N6O. The molecule has 0 radical (unpaired) electrons. The number of hydrogen-bond acceptors (Lipinski definition) is 5. The zero-order chi connectivity index (χ0) is 22.8. The number of amides is 1. The zero-order valence-electron chi connectivity index (χ0n) is 19.5. The third kappa shape index (κ3) is 4.49.